The largest absolute Gasteiger partial charge is 0.322 e. The summed E-state index contributed by atoms with van der Waals surface area (Å²) < 4.78 is 27.7. The second kappa shape index (κ2) is 8.04. The van der Waals surface area contributed by atoms with Crippen LogP contribution in [0.1, 0.15) is 21.5 Å². The maximum Gasteiger partial charge on any atom is 0.261 e. The molecule has 0 heterocycles. The van der Waals surface area contributed by atoms with Crippen LogP contribution in [0, 0.1) is 13.8 Å². The van der Waals surface area contributed by atoms with E-state index in [1.165, 1.54) is 12.1 Å². The second-order valence-corrected chi connectivity index (χ2v) is 8.35. The highest BCUT2D eigenvalue weighted by Gasteiger charge is 2.18. The summed E-state index contributed by atoms with van der Waals surface area (Å²) in [4.78, 5) is 12.9. The van der Waals surface area contributed by atoms with E-state index in [2.05, 4.69) is 10.0 Å². The van der Waals surface area contributed by atoms with Gasteiger partial charge in [-0.3, -0.25) is 9.52 Å². The zero-order chi connectivity index (χ0) is 20.3. The number of amides is 1. The molecule has 0 radical (unpaired) electrons. The van der Waals surface area contributed by atoms with Crippen molar-refractivity contribution in [3.63, 3.8) is 0 Å². The second-order valence-electron chi connectivity index (χ2n) is 6.26. The molecule has 7 heteroatoms. The van der Waals surface area contributed by atoms with Crippen molar-refractivity contribution in [3.05, 3.63) is 88.4 Å². The molecule has 144 valence electrons. The molecule has 0 aliphatic rings. The van der Waals surface area contributed by atoms with Crippen molar-refractivity contribution >= 4 is 38.9 Å². The summed E-state index contributed by atoms with van der Waals surface area (Å²) in [6, 6.07) is 18.2. The van der Waals surface area contributed by atoms with Crippen molar-refractivity contribution in [3.8, 4) is 0 Å². The van der Waals surface area contributed by atoms with Crippen LogP contribution in [0.4, 0.5) is 11.4 Å². The number of sulfonamides is 1. The van der Waals surface area contributed by atoms with E-state index in [1.807, 2.05) is 6.92 Å². The average molecular weight is 415 g/mol. The first-order valence-electron chi connectivity index (χ1n) is 8.53. The normalized spacial score (nSPS) is 11.1. The molecular formula is C21H19ClN2O3S. The van der Waals surface area contributed by atoms with Crippen molar-refractivity contribution in [1.82, 2.24) is 0 Å². The van der Waals surface area contributed by atoms with E-state index < -0.39 is 10.0 Å². The van der Waals surface area contributed by atoms with Gasteiger partial charge in [-0.25, -0.2) is 8.42 Å². The van der Waals surface area contributed by atoms with Crippen LogP contribution >= 0.6 is 11.6 Å². The molecule has 0 fully saturated rings. The van der Waals surface area contributed by atoms with Gasteiger partial charge in [0.2, 0.25) is 0 Å². The van der Waals surface area contributed by atoms with Gasteiger partial charge in [0.15, 0.2) is 0 Å². The number of halogens is 1. The topological polar surface area (TPSA) is 75.3 Å². The first-order chi connectivity index (χ1) is 13.3. The minimum absolute atomic E-state index is 0.152. The Kier molecular flexibility index (Phi) is 5.72. The third-order valence-corrected chi connectivity index (χ3v) is 6.18. The molecule has 0 spiro atoms. The Balaban J connectivity index is 1.89. The van der Waals surface area contributed by atoms with Gasteiger partial charge in [-0.05, 0) is 61.4 Å². The maximum absolute atomic E-state index is 12.8. The average Bonchev–Trinajstić information content (AvgIpc) is 2.67. The molecule has 0 saturated heterocycles. The molecule has 0 saturated carbocycles. The van der Waals surface area contributed by atoms with Gasteiger partial charge >= 0.3 is 0 Å². The van der Waals surface area contributed by atoms with Crippen molar-refractivity contribution < 1.29 is 13.2 Å². The van der Waals surface area contributed by atoms with E-state index in [-0.39, 0.29) is 10.8 Å². The first-order valence-corrected chi connectivity index (χ1v) is 10.4. The molecule has 3 rings (SSSR count). The Labute approximate surface area is 169 Å². The molecular weight excluding hydrogens is 396 g/mol. The Morgan fingerprint density at radius 2 is 1.46 bits per heavy atom. The van der Waals surface area contributed by atoms with Gasteiger partial charge < -0.3 is 5.32 Å². The number of carbonyl (C=O) groups excluding carboxylic acids is 1. The Bertz CT molecular complexity index is 1130. The summed E-state index contributed by atoms with van der Waals surface area (Å²) in [7, 11) is -3.75. The molecule has 0 aliphatic heterocycles. The Morgan fingerprint density at radius 1 is 0.821 bits per heavy atom. The van der Waals surface area contributed by atoms with E-state index >= 15 is 0 Å². The highest BCUT2D eigenvalue weighted by molar-refractivity contribution is 7.92. The minimum atomic E-state index is -3.75. The van der Waals surface area contributed by atoms with Crippen LogP contribution in [0.5, 0.6) is 0 Å². The van der Waals surface area contributed by atoms with Gasteiger partial charge in [0.1, 0.15) is 0 Å². The third kappa shape index (κ3) is 4.18. The maximum atomic E-state index is 12.8. The van der Waals surface area contributed by atoms with Crippen molar-refractivity contribution in [2.45, 2.75) is 18.7 Å². The lowest BCUT2D eigenvalue weighted by atomic mass is 10.1. The lowest BCUT2D eigenvalue weighted by molar-refractivity contribution is 0.102. The summed E-state index contributed by atoms with van der Waals surface area (Å²) in [6.07, 6.45) is 0. The van der Waals surface area contributed by atoms with Crippen LogP contribution in [-0.2, 0) is 10.0 Å². The number of hydrogen-bond acceptors (Lipinski definition) is 3. The first kappa shape index (κ1) is 19.9. The predicted molar refractivity (Wildman–Crippen MR) is 113 cm³/mol. The van der Waals surface area contributed by atoms with E-state index in [9.17, 15) is 13.2 Å². The van der Waals surface area contributed by atoms with Crippen molar-refractivity contribution in [1.29, 1.82) is 0 Å². The number of hydrogen-bond donors (Lipinski definition) is 2. The molecule has 5 nitrogen and oxygen atoms in total. The Morgan fingerprint density at radius 3 is 2.18 bits per heavy atom. The zero-order valence-corrected chi connectivity index (χ0v) is 16.9. The number of benzene rings is 3. The van der Waals surface area contributed by atoms with Crippen molar-refractivity contribution in [2.75, 3.05) is 10.0 Å². The highest BCUT2D eigenvalue weighted by atomic mass is 35.5. The molecule has 2 N–H and O–H groups in total. The third-order valence-electron chi connectivity index (χ3n) is 4.39. The van der Waals surface area contributed by atoms with Crippen molar-refractivity contribution in [2.24, 2.45) is 0 Å². The predicted octanol–water partition coefficient (Wildman–Crippen LogP) is 5.01. The molecule has 0 aromatic heterocycles. The highest BCUT2D eigenvalue weighted by Crippen LogP contribution is 2.26. The molecule has 3 aromatic rings. The Hall–Kier alpha value is -2.83. The van der Waals surface area contributed by atoms with Crippen LogP contribution in [-0.4, -0.2) is 14.3 Å². The van der Waals surface area contributed by atoms with E-state index in [1.54, 1.807) is 61.5 Å². The van der Waals surface area contributed by atoms with Crippen LogP contribution < -0.4 is 10.0 Å². The molecule has 0 aliphatic carbocycles. The molecule has 1 amide bonds. The lowest BCUT2D eigenvalue weighted by Gasteiger charge is -2.15. The van der Waals surface area contributed by atoms with Gasteiger partial charge in [0, 0.05) is 16.3 Å². The van der Waals surface area contributed by atoms with Gasteiger partial charge in [-0.2, -0.15) is 0 Å². The summed E-state index contributed by atoms with van der Waals surface area (Å²) in [5.41, 5.74) is 2.61. The summed E-state index contributed by atoms with van der Waals surface area (Å²) in [6.45, 7) is 3.51. The molecule has 0 bridgehead atoms. The van der Waals surface area contributed by atoms with Crippen LogP contribution in [0.15, 0.2) is 71.6 Å². The lowest BCUT2D eigenvalue weighted by Crippen LogP contribution is -2.17. The SMILES string of the molecule is Cc1c(Cl)cccc1NC(=O)c1cccc(NS(=O)(=O)c2ccccc2)c1C. The van der Waals surface area contributed by atoms with E-state index in [4.69, 9.17) is 11.6 Å². The smallest absolute Gasteiger partial charge is 0.261 e. The fraction of sp³-hybridized carbons (Fsp3) is 0.0952. The fourth-order valence-corrected chi connectivity index (χ4v) is 4.05. The molecule has 0 unspecified atom stereocenters. The van der Waals surface area contributed by atoms with Gasteiger partial charge in [-0.15, -0.1) is 0 Å². The minimum Gasteiger partial charge on any atom is -0.322 e. The van der Waals surface area contributed by atoms with E-state index in [0.29, 0.717) is 27.5 Å². The molecule has 28 heavy (non-hydrogen) atoms. The number of carbonyl (C=O) groups is 1. The fourth-order valence-electron chi connectivity index (χ4n) is 2.73. The standard InChI is InChI=1S/C21H19ClN2O3S/c1-14-17(21(25)23-19-12-7-11-18(22)15(19)2)10-6-13-20(14)24-28(26,27)16-8-4-3-5-9-16/h3-13,24H,1-2H3,(H,23,25). The quantitative estimate of drug-likeness (QED) is 0.616. The van der Waals surface area contributed by atoms with Crippen LogP contribution in [0.2, 0.25) is 5.02 Å². The summed E-state index contributed by atoms with van der Waals surface area (Å²) in [5, 5.41) is 3.38. The van der Waals surface area contributed by atoms with Crippen LogP contribution in [0.25, 0.3) is 0 Å². The van der Waals surface area contributed by atoms with Gasteiger partial charge in [0.05, 0.1) is 10.6 Å². The zero-order valence-electron chi connectivity index (χ0n) is 15.4. The number of anilines is 2. The summed E-state index contributed by atoms with van der Waals surface area (Å²) >= 11 is 6.10. The summed E-state index contributed by atoms with van der Waals surface area (Å²) in [5.74, 6) is -0.344. The molecule has 3 aromatic carbocycles. The number of nitrogens with one attached hydrogen (secondary N) is 2. The monoisotopic (exact) mass is 414 g/mol. The van der Waals surface area contributed by atoms with Crippen LogP contribution in [0.3, 0.4) is 0 Å². The number of rotatable bonds is 5. The molecule has 0 atom stereocenters. The van der Waals surface area contributed by atoms with Gasteiger partial charge in [-0.1, -0.05) is 41.9 Å². The van der Waals surface area contributed by atoms with E-state index in [0.717, 1.165) is 5.56 Å². The van der Waals surface area contributed by atoms with Gasteiger partial charge in [0.25, 0.3) is 15.9 Å².